The third-order valence-electron chi connectivity index (χ3n) is 4.01. The van der Waals surface area contributed by atoms with Crippen LogP contribution in [-0.2, 0) is 9.53 Å². The van der Waals surface area contributed by atoms with Crippen molar-refractivity contribution in [2.75, 3.05) is 7.11 Å². The fraction of sp³-hybridized carbons (Fsp3) is 0.786. The summed E-state index contributed by atoms with van der Waals surface area (Å²) in [6, 6.07) is 0.415. The Kier molecular flexibility index (Phi) is 4.60. The van der Waals surface area contributed by atoms with Gasteiger partial charge in [0.25, 0.3) is 0 Å². The number of hydrogen-bond donors (Lipinski definition) is 1. The van der Waals surface area contributed by atoms with Crippen LogP contribution in [0.1, 0.15) is 44.9 Å². The van der Waals surface area contributed by atoms with Crippen molar-refractivity contribution in [1.82, 2.24) is 5.32 Å². The molecule has 0 aromatic rings. The Morgan fingerprint density at radius 2 is 2.06 bits per heavy atom. The van der Waals surface area contributed by atoms with E-state index in [9.17, 15) is 4.79 Å². The highest BCUT2D eigenvalue weighted by Gasteiger charge is 2.31. The summed E-state index contributed by atoms with van der Waals surface area (Å²) in [5.41, 5.74) is 0. The van der Waals surface area contributed by atoms with E-state index in [0.717, 1.165) is 19.3 Å². The number of ether oxygens (including phenoxy) is 1. The molecule has 0 aliphatic heterocycles. The summed E-state index contributed by atoms with van der Waals surface area (Å²) in [6.45, 7) is 0. The molecule has 0 spiro atoms. The molecule has 2 unspecified atom stereocenters. The van der Waals surface area contributed by atoms with E-state index in [1.165, 1.54) is 32.8 Å². The Bertz CT molecular complexity index is 282. The molecule has 3 nitrogen and oxygen atoms in total. The molecule has 2 aliphatic carbocycles. The lowest BCUT2D eigenvalue weighted by Crippen LogP contribution is -2.47. The Hall–Kier alpha value is -0.830. The van der Waals surface area contributed by atoms with Crippen molar-refractivity contribution in [3.05, 3.63) is 12.2 Å². The smallest absolute Gasteiger partial charge is 0.323 e. The molecule has 0 amide bonds. The minimum Gasteiger partial charge on any atom is -0.468 e. The minimum absolute atomic E-state index is 0.0859. The van der Waals surface area contributed by atoms with Crippen molar-refractivity contribution in [1.29, 1.82) is 0 Å². The van der Waals surface area contributed by atoms with Gasteiger partial charge in [0.1, 0.15) is 6.04 Å². The number of rotatable bonds is 4. The first-order valence-electron chi connectivity index (χ1n) is 6.80. The van der Waals surface area contributed by atoms with E-state index in [2.05, 4.69) is 17.5 Å². The quantitative estimate of drug-likeness (QED) is 0.603. The highest BCUT2D eigenvalue weighted by atomic mass is 16.5. The van der Waals surface area contributed by atoms with Crippen molar-refractivity contribution >= 4 is 5.97 Å². The Balaban J connectivity index is 1.96. The van der Waals surface area contributed by atoms with Crippen molar-refractivity contribution < 1.29 is 9.53 Å². The predicted molar refractivity (Wildman–Crippen MR) is 67.7 cm³/mol. The number of nitrogens with one attached hydrogen (secondary N) is 1. The number of carbonyl (C=O) groups excluding carboxylic acids is 1. The van der Waals surface area contributed by atoms with Crippen LogP contribution in [0.25, 0.3) is 0 Å². The van der Waals surface area contributed by atoms with E-state index >= 15 is 0 Å². The lowest BCUT2D eigenvalue weighted by atomic mass is 9.87. The van der Waals surface area contributed by atoms with E-state index < -0.39 is 0 Å². The van der Waals surface area contributed by atoms with Crippen molar-refractivity contribution in [2.45, 2.75) is 57.0 Å². The van der Waals surface area contributed by atoms with Gasteiger partial charge in [0.05, 0.1) is 7.11 Å². The Morgan fingerprint density at radius 3 is 2.65 bits per heavy atom. The second-order valence-electron chi connectivity index (χ2n) is 5.19. The summed E-state index contributed by atoms with van der Waals surface area (Å²) in [4.78, 5) is 11.9. The highest BCUT2D eigenvalue weighted by molar-refractivity contribution is 5.76. The maximum absolute atomic E-state index is 11.9. The molecule has 1 saturated carbocycles. The molecule has 0 aromatic carbocycles. The van der Waals surface area contributed by atoms with Gasteiger partial charge in [0.15, 0.2) is 0 Å². The van der Waals surface area contributed by atoms with E-state index in [1.54, 1.807) is 0 Å². The zero-order valence-electron chi connectivity index (χ0n) is 10.7. The first-order valence-corrected chi connectivity index (χ1v) is 6.80. The fourth-order valence-corrected chi connectivity index (χ4v) is 2.99. The van der Waals surface area contributed by atoms with Gasteiger partial charge in [0.2, 0.25) is 0 Å². The summed E-state index contributed by atoms with van der Waals surface area (Å²) in [5, 5.41) is 3.53. The zero-order valence-corrected chi connectivity index (χ0v) is 10.7. The Morgan fingerprint density at radius 1 is 1.29 bits per heavy atom. The molecule has 0 aromatic heterocycles. The third kappa shape index (κ3) is 3.32. The summed E-state index contributed by atoms with van der Waals surface area (Å²) in [6.07, 6.45) is 12.6. The monoisotopic (exact) mass is 237 g/mol. The molecule has 96 valence electrons. The van der Waals surface area contributed by atoms with E-state index in [-0.39, 0.29) is 12.0 Å². The number of allylic oxidation sites excluding steroid dienone is 2. The van der Waals surface area contributed by atoms with Crippen molar-refractivity contribution in [2.24, 2.45) is 5.92 Å². The number of methoxy groups -OCH3 is 1. The van der Waals surface area contributed by atoms with Crippen LogP contribution in [0, 0.1) is 5.92 Å². The highest BCUT2D eigenvalue weighted by Crippen LogP contribution is 2.25. The van der Waals surface area contributed by atoms with Gasteiger partial charge in [-0.05, 0) is 38.0 Å². The topological polar surface area (TPSA) is 38.3 Å². The van der Waals surface area contributed by atoms with Crippen LogP contribution in [0.2, 0.25) is 0 Å². The number of esters is 1. The van der Waals surface area contributed by atoms with Crippen LogP contribution in [0.4, 0.5) is 0 Å². The van der Waals surface area contributed by atoms with Crippen LogP contribution < -0.4 is 5.32 Å². The van der Waals surface area contributed by atoms with Gasteiger partial charge >= 0.3 is 5.97 Å². The van der Waals surface area contributed by atoms with Crippen molar-refractivity contribution in [3.63, 3.8) is 0 Å². The largest absolute Gasteiger partial charge is 0.468 e. The average Bonchev–Trinajstić information content (AvgIpc) is 2.89. The molecule has 0 saturated heterocycles. The average molecular weight is 237 g/mol. The number of carbonyl (C=O) groups is 1. The molecule has 0 heterocycles. The van der Waals surface area contributed by atoms with Crippen LogP contribution in [0.15, 0.2) is 12.2 Å². The van der Waals surface area contributed by atoms with Gasteiger partial charge in [-0.25, -0.2) is 0 Å². The molecular weight excluding hydrogens is 214 g/mol. The first-order chi connectivity index (χ1) is 8.31. The van der Waals surface area contributed by atoms with Crippen LogP contribution >= 0.6 is 0 Å². The van der Waals surface area contributed by atoms with Gasteiger partial charge in [-0.2, -0.15) is 0 Å². The summed E-state index contributed by atoms with van der Waals surface area (Å²) >= 11 is 0. The fourth-order valence-electron chi connectivity index (χ4n) is 2.99. The van der Waals surface area contributed by atoms with Crippen LogP contribution in [0.3, 0.4) is 0 Å². The van der Waals surface area contributed by atoms with Crippen molar-refractivity contribution in [3.8, 4) is 0 Å². The van der Waals surface area contributed by atoms with E-state index in [0.29, 0.717) is 12.0 Å². The second-order valence-corrected chi connectivity index (χ2v) is 5.19. The zero-order chi connectivity index (χ0) is 12.1. The van der Waals surface area contributed by atoms with Gasteiger partial charge in [-0.1, -0.05) is 25.0 Å². The molecule has 17 heavy (non-hydrogen) atoms. The molecule has 0 bridgehead atoms. The molecule has 1 fully saturated rings. The van der Waals surface area contributed by atoms with Crippen LogP contribution in [0.5, 0.6) is 0 Å². The van der Waals surface area contributed by atoms with Crippen LogP contribution in [-0.4, -0.2) is 25.2 Å². The van der Waals surface area contributed by atoms with Gasteiger partial charge in [-0.15, -0.1) is 0 Å². The summed E-state index contributed by atoms with van der Waals surface area (Å²) < 4.78 is 4.95. The second kappa shape index (κ2) is 6.20. The van der Waals surface area contributed by atoms with Gasteiger partial charge in [0, 0.05) is 6.04 Å². The molecule has 2 atom stereocenters. The maximum Gasteiger partial charge on any atom is 0.323 e. The maximum atomic E-state index is 11.9. The summed E-state index contributed by atoms with van der Waals surface area (Å²) in [7, 11) is 1.49. The lowest BCUT2D eigenvalue weighted by Gasteiger charge is -2.29. The predicted octanol–water partition coefficient (Wildman–Crippen LogP) is 2.42. The van der Waals surface area contributed by atoms with Gasteiger partial charge < -0.3 is 10.1 Å². The molecular formula is C14H23NO2. The van der Waals surface area contributed by atoms with Gasteiger partial charge in [-0.3, -0.25) is 4.79 Å². The standard InChI is InChI=1S/C14H23NO2/c1-17-14(16)13(11-7-3-2-4-8-11)15-12-9-5-6-10-12/h2-3,11-13,15H,4-10H2,1H3. The Labute approximate surface area is 104 Å². The molecule has 2 aliphatic rings. The molecule has 2 rings (SSSR count). The molecule has 3 heteroatoms. The first kappa shape index (κ1) is 12.6. The number of hydrogen-bond acceptors (Lipinski definition) is 3. The SMILES string of the molecule is COC(=O)C(NC1CCCC1)C1CC=CCC1. The third-order valence-corrected chi connectivity index (χ3v) is 4.01. The summed E-state index contributed by atoms with van der Waals surface area (Å²) in [5.74, 6) is 0.324. The molecule has 0 radical (unpaired) electrons. The normalized spacial score (nSPS) is 27.0. The molecule has 1 N–H and O–H groups in total. The lowest BCUT2D eigenvalue weighted by molar-refractivity contribution is -0.145. The van der Waals surface area contributed by atoms with E-state index in [4.69, 9.17) is 4.74 Å². The van der Waals surface area contributed by atoms with E-state index in [1.807, 2.05) is 0 Å². The minimum atomic E-state index is -0.104.